The molecule has 0 fully saturated rings. The summed E-state index contributed by atoms with van der Waals surface area (Å²) in [7, 11) is 0. The van der Waals surface area contributed by atoms with Crippen molar-refractivity contribution < 1.29 is 13.5 Å². The number of alkyl halides is 1. The summed E-state index contributed by atoms with van der Waals surface area (Å²) in [6.07, 6.45) is 0.609. The van der Waals surface area contributed by atoms with Crippen LogP contribution in [0.25, 0.3) is 0 Å². The summed E-state index contributed by atoms with van der Waals surface area (Å²) in [5, 5.41) is 0. The molecule has 0 aliphatic carbocycles. The van der Waals surface area contributed by atoms with Crippen LogP contribution in [-0.2, 0) is 0 Å². The summed E-state index contributed by atoms with van der Waals surface area (Å²) < 4.78 is 30.4. The average Bonchev–Trinajstić information content (AvgIpc) is 2.11. The fourth-order valence-corrected chi connectivity index (χ4v) is 0.934. The van der Waals surface area contributed by atoms with Crippen LogP contribution in [0.1, 0.15) is 6.42 Å². The molecular formula is C9H9ClF2O. The summed E-state index contributed by atoms with van der Waals surface area (Å²) in [6.45, 7) is 0.296. The molecule has 1 rings (SSSR count). The van der Waals surface area contributed by atoms with Crippen LogP contribution in [0, 0.1) is 11.6 Å². The number of halogens is 3. The van der Waals surface area contributed by atoms with Gasteiger partial charge < -0.3 is 4.74 Å². The first-order valence-electron chi connectivity index (χ1n) is 3.88. The maximum atomic E-state index is 12.9. The predicted octanol–water partition coefficient (Wildman–Crippen LogP) is 2.97. The Labute approximate surface area is 80.3 Å². The van der Waals surface area contributed by atoms with Crippen molar-refractivity contribution >= 4 is 11.6 Å². The van der Waals surface area contributed by atoms with E-state index < -0.39 is 11.6 Å². The standard InChI is InChI=1S/C9H9ClF2O/c10-4-1-5-13-9-6-7(11)2-3-8(9)12/h2-3,6H,1,4-5H2. The number of benzene rings is 1. The highest BCUT2D eigenvalue weighted by molar-refractivity contribution is 6.17. The molecule has 72 valence electrons. The van der Waals surface area contributed by atoms with Crippen LogP contribution < -0.4 is 4.74 Å². The molecule has 0 aliphatic rings. The van der Waals surface area contributed by atoms with Crippen molar-refractivity contribution in [2.45, 2.75) is 6.42 Å². The number of ether oxygens (including phenoxy) is 1. The van der Waals surface area contributed by atoms with E-state index in [1.54, 1.807) is 0 Å². The SMILES string of the molecule is Fc1ccc(F)c(OCCCCl)c1. The minimum atomic E-state index is -0.559. The lowest BCUT2D eigenvalue weighted by molar-refractivity contribution is 0.300. The van der Waals surface area contributed by atoms with Crippen molar-refractivity contribution in [3.05, 3.63) is 29.8 Å². The molecule has 0 unspecified atom stereocenters. The van der Waals surface area contributed by atoms with Gasteiger partial charge in [0.15, 0.2) is 11.6 Å². The normalized spacial score (nSPS) is 10.1. The van der Waals surface area contributed by atoms with E-state index in [1.165, 1.54) is 0 Å². The van der Waals surface area contributed by atoms with E-state index in [0.717, 1.165) is 18.2 Å². The van der Waals surface area contributed by atoms with Gasteiger partial charge in [-0.3, -0.25) is 0 Å². The minimum Gasteiger partial charge on any atom is -0.490 e. The zero-order valence-corrected chi connectivity index (χ0v) is 7.65. The van der Waals surface area contributed by atoms with Gasteiger partial charge in [0.2, 0.25) is 0 Å². The molecule has 0 spiro atoms. The largest absolute Gasteiger partial charge is 0.490 e. The number of hydrogen-bond donors (Lipinski definition) is 0. The molecule has 0 saturated heterocycles. The van der Waals surface area contributed by atoms with Crippen LogP contribution >= 0.6 is 11.6 Å². The Morgan fingerprint density at radius 3 is 2.77 bits per heavy atom. The maximum absolute atomic E-state index is 12.9. The molecule has 0 bridgehead atoms. The lowest BCUT2D eigenvalue weighted by atomic mass is 10.3. The lowest BCUT2D eigenvalue weighted by Crippen LogP contribution is -2.00. The van der Waals surface area contributed by atoms with Crippen LogP contribution in [0.4, 0.5) is 8.78 Å². The van der Waals surface area contributed by atoms with Gasteiger partial charge in [0.1, 0.15) is 5.82 Å². The van der Waals surface area contributed by atoms with Gasteiger partial charge >= 0.3 is 0 Å². The molecule has 0 heterocycles. The van der Waals surface area contributed by atoms with Crippen molar-refractivity contribution in [2.24, 2.45) is 0 Å². The van der Waals surface area contributed by atoms with Crippen LogP contribution in [0.3, 0.4) is 0 Å². The lowest BCUT2D eigenvalue weighted by Gasteiger charge is -2.05. The zero-order chi connectivity index (χ0) is 9.68. The van der Waals surface area contributed by atoms with Crippen molar-refractivity contribution in [2.75, 3.05) is 12.5 Å². The van der Waals surface area contributed by atoms with Gasteiger partial charge in [0.25, 0.3) is 0 Å². The van der Waals surface area contributed by atoms with Crippen LogP contribution in [0.15, 0.2) is 18.2 Å². The molecule has 1 aromatic rings. The second-order valence-corrected chi connectivity index (χ2v) is 2.84. The molecule has 13 heavy (non-hydrogen) atoms. The molecular weight excluding hydrogens is 198 g/mol. The monoisotopic (exact) mass is 206 g/mol. The topological polar surface area (TPSA) is 9.23 Å². The van der Waals surface area contributed by atoms with Gasteiger partial charge in [-0.05, 0) is 18.6 Å². The summed E-state index contributed by atoms with van der Waals surface area (Å²) in [5.41, 5.74) is 0. The molecule has 0 radical (unpaired) electrons. The number of hydrogen-bond acceptors (Lipinski definition) is 1. The molecule has 0 saturated carbocycles. The third-order valence-electron chi connectivity index (χ3n) is 1.43. The first-order valence-corrected chi connectivity index (χ1v) is 4.41. The van der Waals surface area contributed by atoms with Crippen LogP contribution in [0.2, 0.25) is 0 Å². The van der Waals surface area contributed by atoms with E-state index in [9.17, 15) is 8.78 Å². The summed E-state index contributed by atoms with van der Waals surface area (Å²) in [4.78, 5) is 0. The van der Waals surface area contributed by atoms with Gasteiger partial charge in [0.05, 0.1) is 6.61 Å². The van der Waals surface area contributed by atoms with E-state index in [-0.39, 0.29) is 5.75 Å². The highest BCUT2D eigenvalue weighted by Gasteiger charge is 2.03. The molecule has 0 atom stereocenters. The first-order chi connectivity index (χ1) is 6.24. The Hall–Kier alpha value is -0.830. The summed E-state index contributed by atoms with van der Waals surface area (Å²) >= 11 is 5.39. The molecule has 0 aromatic heterocycles. The smallest absolute Gasteiger partial charge is 0.165 e. The fourth-order valence-electron chi connectivity index (χ4n) is 0.824. The van der Waals surface area contributed by atoms with Crippen molar-refractivity contribution in [3.63, 3.8) is 0 Å². The van der Waals surface area contributed by atoms with Gasteiger partial charge in [-0.1, -0.05) is 0 Å². The molecule has 1 aromatic carbocycles. The Morgan fingerprint density at radius 2 is 2.08 bits per heavy atom. The fraction of sp³-hybridized carbons (Fsp3) is 0.333. The molecule has 0 aliphatic heterocycles. The third-order valence-corrected chi connectivity index (χ3v) is 1.70. The van der Waals surface area contributed by atoms with E-state index in [1.807, 2.05) is 0 Å². The maximum Gasteiger partial charge on any atom is 0.165 e. The zero-order valence-electron chi connectivity index (χ0n) is 6.90. The van der Waals surface area contributed by atoms with Crippen LogP contribution in [-0.4, -0.2) is 12.5 Å². The third kappa shape index (κ3) is 3.19. The molecule has 4 heteroatoms. The highest BCUT2D eigenvalue weighted by Crippen LogP contribution is 2.17. The van der Waals surface area contributed by atoms with Gasteiger partial charge in [-0.25, -0.2) is 8.78 Å². The van der Waals surface area contributed by atoms with Crippen molar-refractivity contribution in [1.29, 1.82) is 0 Å². The Balaban J connectivity index is 2.59. The quantitative estimate of drug-likeness (QED) is 0.544. The van der Waals surface area contributed by atoms with E-state index in [0.29, 0.717) is 18.9 Å². The molecule has 0 N–H and O–H groups in total. The second kappa shape index (κ2) is 5.02. The average molecular weight is 207 g/mol. The summed E-state index contributed by atoms with van der Waals surface area (Å²) in [6, 6.07) is 3.10. The Bertz CT molecular complexity index is 278. The Morgan fingerprint density at radius 1 is 1.31 bits per heavy atom. The Kier molecular flexibility index (Phi) is 3.96. The highest BCUT2D eigenvalue weighted by atomic mass is 35.5. The van der Waals surface area contributed by atoms with Gasteiger partial charge in [0, 0.05) is 11.9 Å². The number of rotatable bonds is 4. The van der Waals surface area contributed by atoms with E-state index in [4.69, 9.17) is 16.3 Å². The minimum absolute atomic E-state index is 0.0647. The molecule has 1 nitrogen and oxygen atoms in total. The van der Waals surface area contributed by atoms with Crippen molar-refractivity contribution in [1.82, 2.24) is 0 Å². The van der Waals surface area contributed by atoms with Crippen LogP contribution in [0.5, 0.6) is 5.75 Å². The predicted molar refractivity (Wildman–Crippen MR) is 47.2 cm³/mol. The second-order valence-electron chi connectivity index (χ2n) is 2.47. The molecule has 0 amide bonds. The van der Waals surface area contributed by atoms with Gasteiger partial charge in [-0.15, -0.1) is 11.6 Å². The summed E-state index contributed by atoms with van der Waals surface area (Å²) in [5.74, 6) is -0.694. The van der Waals surface area contributed by atoms with Crippen molar-refractivity contribution in [3.8, 4) is 5.75 Å². The first kappa shape index (κ1) is 10.3. The van der Waals surface area contributed by atoms with E-state index in [2.05, 4.69) is 0 Å². The van der Waals surface area contributed by atoms with Gasteiger partial charge in [-0.2, -0.15) is 0 Å². The van der Waals surface area contributed by atoms with E-state index >= 15 is 0 Å².